The molecule has 1 aromatic heterocycles. The molecule has 4 nitrogen and oxygen atoms in total. The second kappa shape index (κ2) is 8.16. The van der Waals surface area contributed by atoms with Crippen molar-refractivity contribution in [3.63, 3.8) is 0 Å². The summed E-state index contributed by atoms with van der Waals surface area (Å²) in [4.78, 5) is 12.7. The highest BCUT2D eigenvalue weighted by molar-refractivity contribution is 6.34. The standard InChI is InChI=1S/C21H17Cl2F4N3O/c1-20(2,3)17-10-18(30(29-17)16-9-12(22)5-6-14(16)23)28-19(31)11-4-7-15(24)13(8-11)21(25,26)27/h4-10H,1-3H3,(H,28,31). The molecule has 3 rings (SSSR count). The summed E-state index contributed by atoms with van der Waals surface area (Å²) < 4.78 is 53.9. The molecule has 0 radical (unpaired) electrons. The summed E-state index contributed by atoms with van der Waals surface area (Å²) in [5, 5.41) is 7.69. The molecular weight excluding hydrogens is 457 g/mol. The van der Waals surface area contributed by atoms with Gasteiger partial charge < -0.3 is 5.32 Å². The first-order chi connectivity index (χ1) is 14.3. The fraction of sp³-hybridized carbons (Fsp3) is 0.238. The molecule has 0 aliphatic heterocycles. The third-order valence-electron chi connectivity index (χ3n) is 4.39. The fourth-order valence-corrected chi connectivity index (χ4v) is 3.10. The summed E-state index contributed by atoms with van der Waals surface area (Å²) in [6.07, 6.45) is -4.93. The highest BCUT2D eigenvalue weighted by atomic mass is 35.5. The first-order valence-electron chi connectivity index (χ1n) is 9.01. The van der Waals surface area contributed by atoms with Crippen LogP contribution in [-0.2, 0) is 11.6 Å². The Morgan fingerprint density at radius 1 is 1.03 bits per heavy atom. The molecule has 0 fully saturated rings. The lowest BCUT2D eigenvalue weighted by Gasteiger charge is -2.14. The molecule has 0 aliphatic rings. The number of alkyl halides is 3. The lowest BCUT2D eigenvalue weighted by Crippen LogP contribution is -2.17. The topological polar surface area (TPSA) is 46.9 Å². The summed E-state index contributed by atoms with van der Waals surface area (Å²) in [6.45, 7) is 5.71. The number of anilines is 1. The normalized spacial score (nSPS) is 12.2. The number of amides is 1. The van der Waals surface area contributed by atoms with Crippen LogP contribution < -0.4 is 5.32 Å². The van der Waals surface area contributed by atoms with Gasteiger partial charge in [0, 0.05) is 22.1 Å². The van der Waals surface area contributed by atoms with E-state index in [9.17, 15) is 22.4 Å². The Morgan fingerprint density at radius 3 is 2.32 bits per heavy atom. The molecule has 10 heteroatoms. The number of hydrogen-bond acceptors (Lipinski definition) is 2. The van der Waals surface area contributed by atoms with Crippen LogP contribution in [0.25, 0.3) is 5.69 Å². The third-order valence-corrected chi connectivity index (χ3v) is 4.94. The molecule has 0 saturated carbocycles. The molecule has 3 aromatic rings. The predicted molar refractivity (Wildman–Crippen MR) is 112 cm³/mol. The third kappa shape index (κ3) is 5.02. The number of carbonyl (C=O) groups is 1. The van der Waals surface area contributed by atoms with Crippen LogP contribution in [0.5, 0.6) is 0 Å². The highest BCUT2D eigenvalue weighted by Gasteiger charge is 2.35. The van der Waals surface area contributed by atoms with Gasteiger partial charge in [0.15, 0.2) is 0 Å². The smallest absolute Gasteiger partial charge is 0.306 e. The van der Waals surface area contributed by atoms with Gasteiger partial charge >= 0.3 is 6.18 Å². The zero-order valence-corrected chi connectivity index (χ0v) is 18.1. The Bertz CT molecular complexity index is 1150. The van der Waals surface area contributed by atoms with Crippen LogP contribution in [0.3, 0.4) is 0 Å². The number of halogens is 6. The summed E-state index contributed by atoms with van der Waals surface area (Å²) in [6, 6.07) is 8.29. The lowest BCUT2D eigenvalue weighted by molar-refractivity contribution is -0.140. The van der Waals surface area contributed by atoms with E-state index in [0.717, 1.165) is 6.07 Å². The van der Waals surface area contributed by atoms with Gasteiger partial charge in [0.1, 0.15) is 11.6 Å². The monoisotopic (exact) mass is 473 g/mol. The molecule has 0 spiro atoms. The molecule has 2 aromatic carbocycles. The molecule has 0 bridgehead atoms. The van der Waals surface area contributed by atoms with Crippen molar-refractivity contribution >= 4 is 34.9 Å². The van der Waals surface area contributed by atoms with E-state index in [2.05, 4.69) is 10.4 Å². The lowest BCUT2D eigenvalue weighted by atomic mass is 9.92. The van der Waals surface area contributed by atoms with Crippen LogP contribution >= 0.6 is 23.2 Å². The summed E-state index contributed by atoms with van der Waals surface area (Å²) in [5.74, 6) is -2.17. The summed E-state index contributed by atoms with van der Waals surface area (Å²) in [5.41, 5.74) is -1.34. The number of hydrogen-bond donors (Lipinski definition) is 1. The van der Waals surface area contributed by atoms with Crippen LogP contribution in [0.4, 0.5) is 23.4 Å². The maximum absolute atomic E-state index is 13.6. The van der Waals surface area contributed by atoms with Crippen molar-refractivity contribution in [2.45, 2.75) is 32.4 Å². The van der Waals surface area contributed by atoms with E-state index in [1.165, 1.54) is 4.68 Å². The molecule has 0 saturated heterocycles. The number of carbonyl (C=O) groups excluding carboxylic acids is 1. The number of benzene rings is 2. The van der Waals surface area contributed by atoms with Crippen molar-refractivity contribution in [1.82, 2.24) is 9.78 Å². The summed E-state index contributed by atoms with van der Waals surface area (Å²) in [7, 11) is 0. The van der Waals surface area contributed by atoms with Crippen LogP contribution in [0.1, 0.15) is 42.4 Å². The van der Waals surface area contributed by atoms with Crippen LogP contribution in [0.15, 0.2) is 42.5 Å². The molecule has 0 aliphatic carbocycles. The number of nitrogens with one attached hydrogen (secondary N) is 1. The molecule has 1 N–H and O–H groups in total. The van der Waals surface area contributed by atoms with E-state index < -0.39 is 28.9 Å². The van der Waals surface area contributed by atoms with Gasteiger partial charge in [-0.2, -0.15) is 18.3 Å². The molecular formula is C21H17Cl2F4N3O. The van der Waals surface area contributed by atoms with E-state index >= 15 is 0 Å². The van der Waals surface area contributed by atoms with Crippen LogP contribution in [0, 0.1) is 5.82 Å². The van der Waals surface area contributed by atoms with Gasteiger partial charge in [-0.25, -0.2) is 9.07 Å². The quantitative estimate of drug-likeness (QED) is 0.421. The minimum absolute atomic E-state index is 0.164. The average Bonchev–Trinajstić information content (AvgIpc) is 3.07. The Morgan fingerprint density at radius 2 is 1.71 bits per heavy atom. The molecule has 0 atom stereocenters. The Kier molecular flexibility index (Phi) is 6.08. The number of rotatable bonds is 3. The number of aromatic nitrogens is 2. The first-order valence-corrected chi connectivity index (χ1v) is 9.77. The van der Waals surface area contributed by atoms with Crippen molar-refractivity contribution in [3.8, 4) is 5.69 Å². The van der Waals surface area contributed by atoms with E-state index in [-0.39, 0.29) is 11.4 Å². The minimum atomic E-state index is -4.93. The Hall–Kier alpha value is -2.58. The van der Waals surface area contributed by atoms with E-state index in [0.29, 0.717) is 33.6 Å². The highest BCUT2D eigenvalue weighted by Crippen LogP contribution is 2.33. The first kappa shape index (κ1) is 23.1. The van der Waals surface area contributed by atoms with E-state index in [1.807, 2.05) is 20.8 Å². The van der Waals surface area contributed by atoms with E-state index in [1.54, 1.807) is 24.3 Å². The molecule has 1 amide bonds. The molecule has 164 valence electrons. The molecule has 0 unspecified atom stereocenters. The van der Waals surface area contributed by atoms with Gasteiger partial charge in [0.05, 0.1) is 22.0 Å². The molecule has 1 heterocycles. The Labute approximate surface area is 185 Å². The minimum Gasteiger partial charge on any atom is -0.306 e. The largest absolute Gasteiger partial charge is 0.419 e. The van der Waals surface area contributed by atoms with Crippen LogP contribution in [-0.4, -0.2) is 15.7 Å². The van der Waals surface area contributed by atoms with Crippen molar-refractivity contribution < 1.29 is 22.4 Å². The maximum Gasteiger partial charge on any atom is 0.419 e. The Balaban J connectivity index is 2.06. The SMILES string of the molecule is CC(C)(C)c1cc(NC(=O)c2ccc(F)c(C(F)(F)F)c2)n(-c2cc(Cl)ccc2Cl)n1. The molecule has 31 heavy (non-hydrogen) atoms. The van der Waals surface area contributed by atoms with Crippen molar-refractivity contribution in [2.24, 2.45) is 0 Å². The van der Waals surface area contributed by atoms with Gasteiger partial charge in [0.2, 0.25) is 0 Å². The predicted octanol–water partition coefficient (Wildman–Crippen LogP) is 6.89. The average molecular weight is 474 g/mol. The zero-order valence-electron chi connectivity index (χ0n) is 16.6. The second-order valence-corrected chi connectivity index (χ2v) is 8.66. The van der Waals surface area contributed by atoms with Crippen molar-refractivity contribution in [2.75, 3.05) is 5.32 Å². The summed E-state index contributed by atoms with van der Waals surface area (Å²) >= 11 is 12.3. The van der Waals surface area contributed by atoms with Gasteiger partial charge in [-0.15, -0.1) is 0 Å². The van der Waals surface area contributed by atoms with Gasteiger partial charge in [0.25, 0.3) is 5.91 Å². The van der Waals surface area contributed by atoms with Crippen molar-refractivity contribution in [1.29, 1.82) is 0 Å². The van der Waals surface area contributed by atoms with Gasteiger partial charge in [-0.3, -0.25) is 4.79 Å². The van der Waals surface area contributed by atoms with Crippen molar-refractivity contribution in [3.05, 3.63) is 75.1 Å². The zero-order chi connectivity index (χ0) is 23.1. The van der Waals surface area contributed by atoms with Crippen LogP contribution in [0.2, 0.25) is 10.0 Å². The number of nitrogens with zero attached hydrogens (tertiary/aromatic N) is 2. The van der Waals surface area contributed by atoms with Gasteiger partial charge in [-0.05, 0) is 36.4 Å². The fourth-order valence-electron chi connectivity index (χ4n) is 2.74. The van der Waals surface area contributed by atoms with E-state index in [4.69, 9.17) is 23.2 Å². The second-order valence-electron chi connectivity index (χ2n) is 7.82. The van der Waals surface area contributed by atoms with Gasteiger partial charge in [-0.1, -0.05) is 44.0 Å². The maximum atomic E-state index is 13.6.